The molecule has 2 unspecified atom stereocenters. The van der Waals surface area contributed by atoms with E-state index in [-0.39, 0.29) is 31.2 Å². The smallest absolute Gasteiger partial charge is 0.408 e. The number of nitrogens with zero attached hydrogens (tertiary/aromatic N) is 1. The first-order valence-electron chi connectivity index (χ1n) is 13.5. The van der Waals surface area contributed by atoms with Gasteiger partial charge in [-0.1, -0.05) is 72.8 Å². The second kappa shape index (κ2) is 14.2. The van der Waals surface area contributed by atoms with Crippen molar-refractivity contribution in [1.82, 2.24) is 15.5 Å². The molecule has 0 aromatic heterocycles. The molecule has 3 aromatic rings. The SMILES string of the molecule is C=CCN(C(=O)C(Cc1ccc(O)cc1)NC(=O)OC(C)(C)C)C(C(=O)NCc1ccccc1)c1ccccc1C. The monoisotopic (exact) mass is 557 g/mol. The minimum Gasteiger partial charge on any atom is -0.508 e. The number of nitrogens with one attached hydrogen (secondary N) is 2. The average molecular weight is 558 g/mol. The number of hydrogen-bond acceptors (Lipinski definition) is 5. The van der Waals surface area contributed by atoms with E-state index >= 15 is 0 Å². The Balaban J connectivity index is 2.00. The molecule has 0 saturated carbocycles. The molecule has 2 atom stereocenters. The second-order valence-electron chi connectivity index (χ2n) is 10.8. The number of hydrogen-bond donors (Lipinski definition) is 3. The maximum atomic E-state index is 14.3. The normalized spacial score (nSPS) is 12.5. The molecule has 0 spiro atoms. The number of ether oxygens (including phenoxy) is 1. The standard InChI is InChI=1S/C33H39N3O5/c1-6-20-36(29(27-15-11-10-12-23(27)2)30(38)34-22-25-13-8-7-9-14-25)31(39)28(35-32(40)41-33(3,4)5)21-24-16-18-26(37)19-17-24/h6-19,28-29,37H,1,20-22H2,2-5H3,(H,34,38)(H,35,40). The maximum Gasteiger partial charge on any atom is 0.408 e. The topological polar surface area (TPSA) is 108 Å². The lowest BCUT2D eigenvalue weighted by Crippen LogP contribution is -2.54. The van der Waals surface area contributed by atoms with Gasteiger partial charge in [-0.15, -0.1) is 6.58 Å². The summed E-state index contributed by atoms with van der Waals surface area (Å²) in [6.45, 7) is 11.3. The second-order valence-corrected chi connectivity index (χ2v) is 10.8. The zero-order chi connectivity index (χ0) is 30.0. The van der Waals surface area contributed by atoms with Crippen LogP contribution in [0.3, 0.4) is 0 Å². The van der Waals surface area contributed by atoms with Crippen molar-refractivity contribution in [2.75, 3.05) is 6.54 Å². The number of carbonyl (C=O) groups is 3. The summed E-state index contributed by atoms with van der Waals surface area (Å²) >= 11 is 0. The van der Waals surface area contributed by atoms with Crippen molar-refractivity contribution in [2.24, 2.45) is 0 Å². The van der Waals surface area contributed by atoms with Crippen LogP contribution in [0.2, 0.25) is 0 Å². The van der Waals surface area contributed by atoms with Crippen LogP contribution in [0.15, 0.2) is 91.5 Å². The van der Waals surface area contributed by atoms with E-state index in [0.29, 0.717) is 11.1 Å². The number of carbonyl (C=O) groups excluding carboxylic acids is 3. The number of rotatable bonds is 11. The third-order valence-electron chi connectivity index (χ3n) is 6.33. The van der Waals surface area contributed by atoms with E-state index < -0.39 is 29.7 Å². The molecule has 3 amide bonds. The minimum absolute atomic E-state index is 0.0542. The molecule has 0 aliphatic carbocycles. The van der Waals surface area contributed by atoms with Crippen molar-refractivity contribution in [3.63, 3.8) is 0 Å². The molecular formula is C33H39N3O5. The van der Waals surface area contributed by atoms with E-state index in [1.807, 2.05) is 61.5 Å². The van der Waals surface area contributed by atoms with E-state index in [9.17, 15) is 19.5 Å². The van der Waals surface area contributed by atoms with Crippen LogP contribution in [0, 0.1) is 6.92 Å². The number of alkyl carbamates (subject to hydrolysis) is 1. The molecular weight excluding hydrogens is 518 g/mol. The fourth-order valence-corrected chi connectivity index (χ4v) is 4.41. The summed E-state index contributed by atoms with van der Waals surface area (Å²) in [5.74, 6) is -0.759. The first kappa shape index (κ1) is 30.9. The fraction of sp³-hybridized carbons (Fsp3) is 0.303. The summed E-state index contributed by atoms with van der Waals surface area (Å²) in [6, 6.07) is 21.2. The fourth-order valence-electron chi connectivity index (χ4n) is 4.41. The van der Waals surface area contributed by atoms with Crippen LogP contribution in [0.5, 0.6) is 5.75 Å². The summed E-state index contributed by atoms with van der Waals surface area (Å²) in [6.07, 6.45) is 0.908. The van der Waals surface area contributed by atoms with Gasteiger partial charge in [0.2, 0.25) is 11.8 Å². The van der Waals surface area contributed by atoms with Crippen molar-refractivity contribution in [3.05, 3.63) is 114 Å². The zero-order valence-electron chi connectivity index (χ0n) is 24.1. The van der Waals surface area contributed by atoms with Gasteiger partial charge in [0, 0.05) is 19.5 Å². The largest absolute Gasteiger partial charge is 0.508 e. The highest BCUT2D eigenvalue weighted by molar-refractivity contribution is 5.92. The van der Waals surface area contributed by atoms with Crippen molar-refractivity contribution in [1.29, 1.82) is 0 Å². The Bertz CT molecular complexity index is 1330. The van der Waals surface area contributed by atoms with Crippen LogP contribution in [0.25, 0.3) is 0 Å². The highest BCUT2D eigenvalue weighted by atomic mass is 16.6. The van der Waals surface area contributed by atoms with Gasteiger partial charge >= 0.3 is 6.09 Å². The lowest BCUT2D eigenvalue weighted by atomic mass is 9.97. The van der Waals surface area contributed by atoms with E-state index in [1.165, 1.54) is 17.0 Å². The summed E-state index contributed by atoms with van der Waals surface area (Å²) in [4.78, 5) is 42.4. The van der Waals surface area contributed by atoms with Crippen molar-refractivity contribution >= 4 is 17.9 Å². The van der Waals surface area contributed by atoms with Crippen LogP contribution in [0.1, 0.15) is 49.1 Å². The summed E-state index contributed by atoms with van der Waals surface area (Å²) in [5, 5.41) is 15.4. The number of amides is 3. The maximum absolute atomic E-state index is 14.3. The lowest BCUT2D eigenvalue weighted by molar-refractivity contribution is -0.141. The van der Waals surface area contributed by atoms with Crippen LogP contribution >= 0.6 is 0 Å². The summed E-state index contributed by atoms with van der Waals surface area (Å²) in [7, 11) is 0. The molecule has 3 aromatic carbocycles. The average Bonchev–Trinajstić information content (AvgIpc) is 2.92. The molecule has 0 radical (unpaired) electrons. The Morgan fingerprint density at radius 1 is 0.951 bits per heavy atom. The molecule has 8 heteroatoms. The van der Waals surface area contributed by atoms with Gasteiger partial charge in [0.15, 0.2) is 0 Å². The molecule has 41 heavy (non-hydrogen) atoms. The predicted molar refractivity (Wildman–Crippen MR) is 159 cm³/mol. The molecule has 0 bridgehead atoms. The Morgan fingerprint density at radius 2 is 1.59 bits per heavy atom. The van der Waals surface area contributed by atoms with Gasteiger partial charge in [0.1, 0.15) is 23.4 Å². The molecule has 0 saturated heterocycles. The molecule has 0 aliphatic rings. The summed E-state index contributed by atoms with van der Waals surface area (Å²) in [5.41, 5.74) is 2.34. The van der Waals surface area contributed by atoms with E-state index in [1.54, 1.807) is 39.0 Å². The molecule has 0 fully saturated rings. The first-order chi connectivity index (χ1) is 19.5. The van der Waals surface area contributed by atoms with Crippen molar-refractivity contribution in [3.8, 4) is 5.75 Å². The van der Waals surface area contributed by atoms with Crippen LogP contribution in [-0.2, 0) is 27.3 Å². The highest BCUT2D eigenvalue weighted by Gasteiger charge is 2.36. The molecule has 0 aliphatic heterocycles. The molecule has 3 rings (SSSR count). The number of aryl methyl sites for hydroxylation is 1. The third-order valence-corrected chi connectivity index (χ3v) is 6.33. The Labute approximate surface area is 242 Å². The van der Waals surface area contributed by atoms with E-state index in [2.05, 4.69) is 17.2 Å². The van der Waals surface area contributed by atoms with Crippen LogP contribution in [0.4, 0.5) is 4.79 Å². The van der Waals surface area contributed by atoms with Gasteiger partial charge in [-0.05, 0) is 62.1 Å². The predicted octanol–water partition coefficient (Wildman–Crippen LogP) is 5.21. The van der Waals surface area contributed by atoms with Crippen LogP contribution < -0.4 is 10.6 Å². The highest BCUT2D eigenvalue weighted by Crippen LogP contribution is 2.26. The lowest BCUT2D eigenvalue weighted by Gasteiger charge is -2.34. The van der Waals surface area contributed by atoms with Crippen molar-refractivity contribution < 1.29 is 24.2 Å². The number of benzene rings is 3. The third kappa shape index (κ3) is 9.24. The van der Waals surface area contributed by atoms with Gasteiger partial charge in [0.25, 0.3) is 0 Å². The molecule has 0 heterocycles. The summed E-state index contributed by atoms with van der Waals surface area (Å²) < 4.78 is 5.45. The first-order valence-corrected chi connectivity index (χ1v) is 13.5. The quantitative estimate of drug-likeness (QED) is 0.281. The van der Waals surface area contributed by atoms with Gasteiger partial charge in [-0.25, -0.2) is 4.79 Å². The minimum atomic E-state index is -1.07. The van der Waals surface area contributed by atoms with Crippen molar-refractivity contribution in [2.45, 2.75) is 58.3 Å². The van der Waals surface area contributed by atoms with E-state index in [4.69, 9.17) is 4.74 Å². The molecule has 3 N–H and O–H groups in total. The Morgan fingerprint density at radius 3 is 2.20 bits per heavy atom. The van der Waals surface area contributed by atoms with Gasteiger partial charge in [-0.2, -0.15) is 0 Å². The Kier molecular flexibility index (Phi) is 10.7. The molecule has 216 valence electrons. The Hall–Kier alpha value is -4.59. The number of phenolic OH excluding ortho intramolecular Hbond substituents is 1. The van der Waals surface area contributed by atoms with Crippen LogP contribution in [-0.4, -0.2) is 46.1 Å². The van der Waals surface area contributed by atoms with Gasteiger partial charge in [0.05, 0.1) is 0 Å². The molecule has 8 nitrogen and oxygen atoms in total. The zero-order valence-corrected chi connectivity index (χ0v) is 24.1. The number of aromatic hydroxyl groups is 1. The van der Waals surface area contributed by atoms with Gasteiger partial charge < -0.3 is 25.4 Å². The number of phenols is 1. The van der Waals surface area contributed by atoms with Gasteiger partial charge in [-0.3, -0.25) is 9.59 Å². The van der Waals surface area contributed by atoms with E-state index in [0.717, 1.165) is 11.1 Å².